The Kier molecular flexibility index (Phi) is 6.73. The quantitative estimate of drug-likeness (QED) is 0.209. The zero-order chi connectivity index (χ0) is 24.4. The highest BCUT2D eigenvalue weighted by molar-refractivity contribution is 9.10. The first-order valence-corrected chi connectivity index (χ1v) is 11.3. The van der Waals surface area contributed by atoms with E-state index in [9.17, 15) is 14.5 Å². The number of rotatable bonds is 8. The fourth-order valence-corrected chi connectivity index (χ4v) is 3.94. The number of nitro groups is 1. The van der Waals surface area contributed by atoms with Gasteiger partial charge in [-0.15, -0.1) is 0 Å². The summed E-state index contributed by atoms with van der Waals surface area (Å²) in [6.45, 7) is 6.16. The van der Waals surface area contributed by atoms with Crippen LogP contribution in [0.25, 0.3) is 11.3 Å². The maximum Gasteiger partial charge on any atom is 0.406 e. The van der Waals surface area contributed by atoms with Crippen LogP contribution in [0.15, 0.2) is 51.7 Å². The minimum atomic E-state index is -0.762. The lowest BCUT2D eigenvalue weighted by Crippen LogP contribution is -2.08. The summed E-state index contributed by atoms with van der Waals surface area (Å²) in [4.78, 5) is 19.1. The lowest BCUT2D eigenvalue weighted by atomic mass is 9.98. The summed E-state index contributed by atoms with van der Waals surface area (Å²) in [6.07, 6.45) is 4.73. The van der Waals surface area contributed by atoms with Crippen molar-refractivity contribution >= 4 is 21.7 Å². The van der Waals surface area contributed by atoms with Gasteiger partial charge in [0, 0.05) is 43.3 Å². The van der Waals surface area contributed by atoms with Crippen molar-refractivity contribution in [1.29, 1.82) is 0 Å². The van der Waals surface area contributed by atoms with E-state index >= 15 is 0 Å². The molecule has 9 nitrogen and oxygen atoms in total. The summed E-state index contributed by atoms with van der Waals surface area (Å²) in [7, 11) is 0. The molecule has 0 saturated carbocycles. The third-order valence-electron chi connectivity index (χ3n) is 5.16. The summed E-state index contributed by atoms with van der Waals surface area (Å²) in [5.41, 5.74) is 2.66. The van der Waals surface area contributed by atoms with Gasteiger partial charge in [-0.1, -0.05) is 0 Å². The molecule has 0 aliphatic carbocycles. The largest absolute Gasteiger partial charge is 0.478 e. The molecule has 3 aromatic heterocycles. The highest BCUT2D eigenvalue weighted by Gasteiger charge is 2.25. The van der Waals surface area contributed by atoms with Crippen LogP contribution in [0.5, 0.6) is 5.75 Å². The lowest BCUT2D eigenvalue weighted by molar-refractivity contribution is -0.390. The number of nitrogens with zero attached hydrogens (tertiary/aromatic N) is 5. The van der Waals surface area contributed by atoms with E-state index in [1.54, 1.807) is 26.1 Å². The molecule has 176 valence electrons. The Morgan fingerprint density at radius 3 is 2.82 bits per heavy atom. The molecule has 0 N–H and O–H groups in total. The standard InChI is InChI=1S/C23H21BrFN5O4/c1-4-29-12-15(10-27-29)7-20-22(34-14(3)28-20)18-6-5-17(25)9-19(18)13(2)33-21-8-16(24)11-26-23(21)30(31)32/h5-6,8-13H,4,7H2,1-3H3. The van der Waals surface area contributed by atoms with Gasteiger partial charge in [0.05, 0.1) is 16.4 Å². The first-order valence-electron chi connectivity index (χ1n) is 10.5. The van der Waals surface area contributed by atoms with Crippen molar-refractivity contribution in [1.82, 2.24) is 19.7 Å². The van der Waals surface area contributed by atoms with E-state index in [0.29, 0.717) is 39.4 Å². The van der Waals surface area contributed by atoms with Gasteiger partial charge < -0.3 is 19.3 Å². The molecule has 0 aliphatic heterocycles. The molecule has 34 heavy (non-hydrogen) atoms. The summed E-state index contributed by atoms with van der Waals surface area (Å²) < 4.78 is 28.4. The molecule has 0 bridgehead atoms. The van der Waals surface area contributed by atoms with Crippen molar-refractivity contribution in [3.63, 3.8) is 0 Å². The Morgan fingerprint density at radius 1 is 1.32 bits per heavy atom. The molecule has 0 amide bonds. The van der Waals surface area contributed by atoms with Gasteiger partial charge in [-0.3, -0.25) is 4.68 Å². The van der Waals surface area contributed by atoms with Crippen LogP contribution in [0.1, 0.15) is 42.7 Å². The van der Waals surface area contributed by atoms with Crippen LogP contribution >= 0.6 is 15.9 Å². The number of aryl methyl sites for hydroxylation is 2. The first-order chi connectivity index (χ1) is 16.2. The number of pyridine rings is 1. The molecule has 1 aromatic carbocycles. The summed E-state index contributed by atoms with van der Waals surface area (Å²) in [6, 6.07) is 5.70. The molecule has 11 heteroatoms. The third-order valence-corrected chi connectivity index (χ3v) is 5.59. The van der Waals surface area contributed by atoms with Gasteiger partial charge in [0.1, 0.15) is 11.9 Å². The molecule has 3 heterocycles. The highest BCUT2D eigenvalue weighted by atomic mass is 79.9. The fraction of sp³-hybridized carbons (Fsp3) is 0.261. The zero-order valence-corrected chi connectivity index (χ0v) is 20.2. The molecule has 4 aromatic rings. The van der Waals surface area contributed by atoms with Gasteiger partial charge in [-0.25, -0.2) is 9.37 Å². The number of oxazole rings is 1. The number of hydrogen-bond donors (Lipinski definition) is 0. The first kappa shape index (κ1) is 23.6. The second-order valence-electron chi connectivity index (χ2n) is 7.61. The molecule has 1 atom stereocenters. The smallest absolute Gasteiger partial charge is 0.406 e. The average Bonchev–Trinajstić information content (AvgIpc) is 3.39. The van der Waals surface area contributed by atoms with Crippen molar-refractivity contribution in [3.8, 4) is 17.1 Å². The fourth-order valence-electron chi connectivity index (χ4n) is 3.63. The second-order valence-corrected chi connectivity index (χ2v) is 8.53. The van der Waals surface area contributed by atoms with E-state index in [1.807, 2.05) is 17.8 Å². The zero-order valence-electron chi connectivity index (χ0n) is 18.7. The molecular weight excluding hydrogens is 509 g/mol. The van der Waals surface area contributed by atoms with E-state index in [4.69, 9.17) is 9.15 Å². The predicted octanol–water partition coefficient (Wildman–Crippen LogP) is 5.80. The van der Waals surface area contributed by atoms with Crippen LogP contribution in [0.2, 0.25) is 0 Å². The van der Waals surface area contributed by atoms with Gasteiger partial charge in [0.2, 0.25) is 5.75 Å². The normalized spacial score (nSPS) is 12.0. The summed E-state index contributed by atoms with van der Waals surface area (Å²) in [5, 5.41) is 15.7. The molecule has 0 fully saturated rings. The molecule has 0 radical (unpaired) electrons. The third kappa shape index (κ3) is 4.98. The van der Waals surface area contributed by atoms with Gasteiger partial charge >= 0.3 is 5.82 Å². The summed E-state index contributed by atoms with van der Waals surface area (Å²) in [5.74, 6) is -0.00382. The van der Waals surface area contributed by atoms with E-state index in [2.05, 4.69) is 31.0 Å². The Bertz CT molecular complexity index is 1350. The molecule has 0 saturated heterocycles. The van der Waals surface area contributed by atoms with Crippen molar-refractivity contribution in [3.05, 3.63) is 86.0 Å². The maximum absolute atomic E-state index is 14.3. The molecule has 4 rings (SSSR count). The Morgan fingerprint density at radius 2 is 2.12 bits per heavy atom. The van der Waals surface area contributed by atoms with Crippen molar-refractivity contribution in [2.24, 2.45) is 0 Å². The molecular formula is C23H21BrFN5O4. The number of ether oxygens (including phenoxy) is 1. The van der Waals surface area contributed by atoms with Gasteiger partial charge in [0.15, 0.2) is 17.8 Å². The Labute approximate surface area is 202 Å². The number of aromatic nitrogens is 4. The van der Waals surface area contributed by atoms with E-state index in [0.717, 1.165) is 12.1 Å². The average molecular weight is 530 g/mol. The van der Waals surface area contributed by atoms with Crippen LogP contribution < -0.4 is 4.74 Å². The lowest BCUT2D eigenvalue weighted by Gasteiger charge is -2.18. The number of benzene rings is 1. The van der Waals surface area contributed by atoms with E-state index < -0.39 is 22.7 Å². The van der Waals surface area contributed by atoms with Gasteiger partial charge in [-0.2, -0.15) is 5.10 Å². The maximum atomic E-state index is 14.3. The van der Waals surface area contributed by atoms with Crippen LogP contribution in [0.3, 0.4) is 0 Å². The minimum absolute atomic E-state index is 0.0389. The second kappa shape index (κ2) is 9.72. The van der Waals surface area contributed by atoms with Crippen LogP contribution in [0, 0.1) is 22.9 Å². The van der Waals surface area contributed by atoms with Crippen LogP contribution in [-0.2, 0) is 13.0 Å². The Hall–Kier alpha value is -3.60. The van der Waals surface area contributed by atoms with E-state index in [1.165, 1.54) is 24.4 Å². The van der Waals surface area contributed by atoms with E-state index in [-0.39, 0.29) is 5.75 Å². The molecule has 0 spiro atoms. The van der Waals surface area contributed by atoms with Gasteiger partial charge in [0.25, 0.3) is 0 Å². The molecule has 1 unspecified atom stereocenters. The van der Waals surface area contributed by atoms with Crippen molar-refractivity contribution in [2.75, 3.05) is 0 Å². The van der Waals surface area contributed by atoms with Crippen molar-refractivity contribution in [2.45, 2.75) is 39.8 Å². The van der Waals surface area contributed by atoms with Crippen LogP contribution in [0.4, 0.5) is 10.2 Å². The van der Waals surface area contributed by atoms with Gasteiger partial charge in [-0.05, 0) is 63.4 Å². The summed E-state index contributed by atoms with van der Waals surface area (Å²) >= 11 is 3.25. The number of hydrogen-bond acceptors (Lipinski definition) is 7. The minimum Gasteiger partial charge on any atom is -0.478 e. The van der Waals surface area contributed by atoms with Crippen LogP contribution in [-0.4, -0.2) is 24.7 Å². The SMILES string of the molecule is CCn1cc(Cc2nc(C)oc2-c2ccc(F)cc2C(C)Oc2cc(Br)cnc2[N+](=O)[O-])cn1. The Balaban J connectivity index is 1.73. The number of halogens is 2. The molecule has 0 aliphatic rings. The predicted molar refractivity (Wildman–Crippen MR) is 125 cm³/mol. The topological polar surface area (TPSA) is 109 Å². The monoisotopic (exact) mass is 529 g/mol. The van der Waals surface area contributed by atoms with Crippen molar-refractivity contribution < 1.29 is 18.5 Å². The highest BCUT2D eigenvalue weighted by Crippen LogP contribution is 2.37.